The van der Waals surface area contributed by atoms with Crippen LogP contribution in [0.4, 0.5) is 0 Å². The third-order valence-electron chi connectivity index (χ3n) is 2.22. The number of hydrogen-bond acceptors (Lipinski definition) is 3. The minimum atomic E-state index is -0.300. The van der Waals surface area contributed by atoms with E-state index < -0.39 is 0 Å². The zero-order valence-electron chi connectivity index (χ0n) is 9.38. The lowest BCUT2D eigenvalue weighted by molar-refractivity contribution is -0.648. The maximum absolute atomic E-state index is 11.3. The Balaban J connectivity index is 2.63. The van der Waals surface area contributed by atoms with Crippen LogP contribution < -0.4 is 10.1 Å². The van der Waals surface area contributed by atoms with Crippen molar-refractivity contribution in [1.82, 2.24) is 4.98 Å². The lowest BCUT2D eigenvalue weighted by Crippen LogP contribution is -2.37. The first-order chi connectivity index (χ1) is 8.22. The summed E-state index contributed by atoms with van der Waals surface area (Å²) in [6.45, 7) is 1.99. The summed E-state index contributed by atoms with van der Waals surface area (Å²) in [5, 5.41) is 10.5. The Bertz CT molecular complexity index is 566. The van der Waals surface area contributed by atoms with Gasteiger partial charge in [-0.3, -0.25) is 0 Å². The van der Waals surface area contributed by atoms with Crippen LogP contribution in [0.2, 0.25) is 0 Å². The molecule has 88 valence electrons. The fourth-order valence-electron chi connectivity index (χ4n) is 1.55. The summed E-state index contributed by atoms with van der Waals surface area (Å²) in [5.74, 6) is 0.752. The Labute approximate surface area is 103 Å². The van der Waals surface area contributed by atoms with Gasteiger partial charge in [0.2, 0.25) is 0 Å². The van der Waals surface area contributed by atoms with Crippen LogP contribution in [0.25, 0.3) is 5.69 Å². The zero-order chi connectivity index (χ0) is 12.3. The van der Waals surface area contributed by atoms with E-state index in [0.717, 1.165) is 11.4 Å². The summed E-state index contributed by atoms with van der Waals surface area (Å²) in [7, 11) is 0. The molecule has 1 aromatic heterocycles. The predicted octanol–water partition coefficient (Wildman–Crippen LogP) is 1.47. The van der Waals surface area contributed by atoms with Crippen molar-refractivity contribution in [2.24, 2.45) is 0 Å². The number of benzene rings is 1. The zero-order valence-corrected chi connectivity index (χ0v) is 10.2. The van der Waals surface area contributed by atoms with Gasteiger partial charge in [0.05, 0.1) is 0 Å². The SMILES string of the molecule is CCSc1[nH]c(=O)cc(O)[n+]1-c1ccccc1. The minimum Gasteiger partial charge on any atom is -0.477 e. The molecule has 0 radical (unpaired) electrons. The molecule has 0 saturated carbocycles. The molecule has 2 aromatic rings. The quantitative estimate of drug-likeness (QED) is 0.492. The third kappa shape index (κ3) is 2.50. The van der Waals surface area contributed by atoms with Crippen molar-refractivity contribution in [1.29, 1.82) is 0 Å². The van der Waals surface area contributed by atoms with E-state index in [-0.39, 0.29) is 11.4 Å². The molecule has 2 N–H and O–H groups in total. The van der Waals surface area contributed by atoms with Crippen molar-refractivity contribution in [3.05, 3.63) is 46.8 Å². The van der Waals surface area contributed by atoms with Gasteiger partial charge in [0.25, 0.3) is 5.88 Å². The summed E-state index contributed by atoms with van der Waals surface area (Å²) in [6, 6.07) is 10.6. The Hall–Kier alpha value is -1.75. The van der Waals surface area contributed by atoms with Gasteiger partial charge in [0, 0.05) is 5.75 Å². The van der Waals surface area contributed by atoms with Crippen molar-refractivity contribution >= 4 is 11.8 Å². The number of para-hydroxylation sites is 1. The fourth-order valence-corrected chi connectivity index (χ4v) is 2.32. The molecule has 0 aliphatic rings. The number of nitrogens with one attached hydrogen (secondary N) is 1. The second kappa shape index (κ2) is 5.05. The van der Waals surface area contributed by atoms with E-state index in [4.69, 9.17) is 0 Å². The van der Waals surface area contributed by atoms with Crippen LogP contribution in [-0.4, -0.2) is 15.8 Å². The van der Waals surface area contributed by atoms with Crippen LogP contribution in [0.3, 0.4) is 0 Å². The number of aromatic amines is 1. The molecular weight excluding hydrogens is 236 g/mol. The van der Waals surface area contributed by atoms with Gasteiger partial charge < -0.3 is 5.11 Å². The number of H-pyrrole nitrogens is 1. The molecule has 1 aromatic carbocycles. The minimum absolute atomic E-state index is 0.0594. The van der Waals surface area contributed by atoms with Crippen LogP contribution in [0, 0.1) is 0 Å². The second-order valence-corrected chi connectivity index (χ2v) is 4.65. The fraction of sp³-hybridized carbons (Fsp3) is 0.167. The molecule has 17 heavy (non-hydrogen) atoms. The standard InChI is InChI=1S/C12H12N2O2S/c1-2-17-12-13-10(15)8-11(16)14(12)9-6-4-3-5-7-9/h3-8H,2H2,1H3,(H,15,16)/p+1. The number of aromatic hydroxyl groups is 1. The van der Waals surface area contributed by atoms with E-state index in [1.54, 1.807) is 4.57 Å². The summed E-state index contributed by atoms with van der Waals surface area (Å²) in [5.41, 5.74) is 0.517. The highest BCUT2D eigenvalue weighted by atomic mass is 32.2. The second-order valence-electron chi connectivity index (χ2n) is 3.40. The van der Waals surface area contributed by atoms with Crippen molar-refractivity contribution in [3.8, 4) is 11.6 Å². The van der Waals surface area contributed by atoms with Crippen LogP contribution in [0.15, 0.2) is 46.3 Å². The van der Waals surface area contributed by atoms with Gasteiger partial charge in [0.15, 0.2) is 0 Å². The molecule has 0 aliphatic carbocycles. The number of aromatic nitrogens is 2. The first-order valence-electron chi connectivity index (χ1n) is 5.29. The number of nitrogens with zero attached hydrogens (tertiary/aromatic N) is 1. The van der Waals surface area contributed by atoms with E-state index in [0.29, 0.717) is 5.16 Å². The monoisotopic (exact) mass is 249 g/mol. The highest BCUT2D eigenvalue weighted by Crippen LogP contribution is 2.14. The van der Waals surface area contributed by atoms with E-state index in [1.807, 2.05) is 37.3 Å². The molecule has 0 aliphatic heterocycles. The van der Waals surface area contributed by atoms with Gasteiger partial charge in [-0.1, -0.05) is 25.1 Å². The first-order valence-corrected chi connectivity index (χ1v) is 6.27. The van der Waals surface area contributed by atoms with Crippen molar-refractivity contribution in [3.63, 3.8) is 0 Å². The molecule has 0 atom stereocenters. The average Bonchev–Trinajstić information content (AvgIpc) is 2.30. The third-order valence-corrected chi connectivity index (χ3v) is 3.06. The largest absolute Gasteiger partial charge is 0.477 e. The average molecular weight is 249 g/mol. The maximum atomic E-state index is 11.3. The van der Waals surface area contributed by atoms with E-state index in [1.165, 1.54) is 17.8 Å². The molecule has 0 spiro atoms. The Morgan fingerprint density at radius 2 is 2.06 bits per heavy atom. The molecule has 5 heteroatoms. The van der Waals surface area contributed by atoms with Crippen LogP contribution >= 0.6 is 11.8 Å². The highest BCUT2D eigenvalue weighted by Gasteiger charge is 2.18. The Morgan fingerprint density at radius 3 is 2.71 bits per heavy atom. The molecule has 1 heterocycles. The molecular formula is C12H13N2O2S+. The topological polar surface area (TPSA) is 57.0 Å². The summed E-state index contributed by atoms with van der Waals surface area (Å²) in [4.78, 5) is 14.1. The summed E-state index contributed by atoms with van der Waals surface area (Å²) < 4.78 is 1.62. The van der Waals surface area contributed by atoms with Gasteiger partial charge in [0.1, 0.15) is 11.8 Å². The Kier molecular flexibility index (Phi) is 3.49. The first kappa shape index (κ1) is 11.7. The van der Waals surface area contributed by atoms with E-state index >= 15 is 0 Å². The predicted molar refractivity (Wildman–Crippen MR) is 66.7 cm³/mol. The molecule has 0 fully saturated rings. The molecule has 0 unspecified atom stereocenters. The smallest absolute Gasteiger partial charge is 0.339 e. The van der Waals surface area contributed by atoms with Gasteiger partial charge >= 0.3 is 10.7 Å². The number of hydrogen-bond donors (Lipinski definition) is 2. The number of thioether (sulfide) groups is 1. The number of rotatable bonds is 3. The molecule has 4 nitrogen and oxygen atoms in total. The molecule has 0 saturated heterocycles. The normalized spacial score (nSPS) is 10.4. The van der Waals surface area contributed by atoms with Crippen LogP contribution in [0.1, 0.15) is 6.92 Å². The molecule has 2 rings (SSSR count). The van der Waals surface area contributed by atoms with Gasteiger partial charge in [-0.05, 0) is 23.9 Å². The highest BCUT2D eigenvalue weighted by molar-refractivity contribution is 7.99. The Morgan fingerprint density at radius 1 is 1.35 bits per heavy atom. The summed E-state index contributed by atoms with van der Waals surface area (Å²) in [6.07, 6.45) is 0. The van der Waals surface area contributed by atoms with E-state index in [9.17, 15) is 9.90 Å². The van der Waals surface area contributed by atoms with Crippen molar-refractivity contribution in [2.75, 3.05) is 5.75 Å². The van der Waals surface area contributed by atoms with Crippen LogP contribution in [-0.2, 0) is 0 Å². The van der Waals surface area contributed by atoms with Gasteiger partial charge in [-0.15, -0.1) is 0 Å². The van der Waals surface area contributed by atoms with Gasteiger partial charge in [-0.25, -0.2) is 4.79 Å². The lowest BCUT2D eigenvalue weighted by Gasteiger charge is -2.05. The van der Waals surface area contributed by atoms with Crippen molar-refractivity contribution < 1.29 is 9.67 Å². The molecule has 0 amide bonds. The summed E-state index contributed by atoms with van der Waals surface area (Å²) >= 11 is 1.47. The van der Waals surface area contributed by atoms with Gasteiger partial charge in [-0.2, -0.15) is 9.55 Å². The molecule has 0 bridgehead atoms. The van der Waals surface area contributed by atoms with Crippen LogP contribution in [0.5, 0.6) is 5.88 Å². The van der Waals surface area contributed by atoms with Crippen molar-refractivity contribution in [2.45, 2.75) is 12.1 Å². The maximum Gasteiger partial charge on any atom is 0.339 e. The van der Waals surface area contributed by atoms with E-state index in [2.05, 4.69) is 4.98 Å². The lowest BCUT2D eigenvalue weighted by atomic mass is 10.3.